The summed E-state index contributed by atoms with van der Waals surface area (Å²) < 4.78 is 114. The molecule has 0 amide bonds. The summed E-state index contributed by atoms with van der Waals surface area (Å²) in [5.74, 6) is -6.06. The Kier molecular flexibility index (Phi) is 18.7. The lowest BCUT2D eigenvalue weighted by molar-refractivity contribution is -0.263. The van der Waals surface area contributed by atoms with Gasteiger partial charge in [0.1, 0.15) is 49.1 Å². The molecular weight excluding hydrogens is 1110 g/mol. The van der Waals surface area contributed by atoms with Gasteiger partial charge in [-0.1, -0.05) is 46.0 Å². The minimum Gasteiger partial charge on any atom is -0.382 e. The van der Waals surface area contributed by atoms with E-state index >= 15 is 8.78 Å². The Balaban J connectivity index is 0.000000149. The van der Waals surface area contributed by atoms with Gasteiger partial charge in [0.25, 0.3) is 11.7 Å². The number of nitrogen functional groups attached to an aromatic ring is 2. The molecule has 4 aromatic heterocycles. The second-order valence-electron chi connectivity index (χ2n) is 21.7. The molecule has 0 radical (unpaired) electrons. The Morgan fingerprint density at radius 1 is 0.667 bits per heavy atom. The molecule has 6 saturated heterocycles. The molecular formula is C48H76F2N14O15P2. The number of nitrogens with zero attached hydrogens (tertiary/aromatic N) is 11. The third-order valence-corrected chi connectivity index (χ3v) is 17.0. The van der Waals surface area contributed by atoms with E-state index in [-0.39, 0.29) is 51.0 Å². The number of rotatable bonds is 11. The molecule has 8 fully saturated rings. The second kappa shape index (κ2) is 24.7. The van der Waals surface area contributed by atoms with Crippen molar-refractivity contribution < 1.29 is 79.5 Å². The number of alkyl halides is 2. The van der Waals surface area contributed by atoms with Gasteiger partial charge in [0, 0.05) is 32.2 Å². The van der Waals surface area contributed by atoms with Crippen molar-refractivity contribution in [2.24, 2.45) is 4.99 Å². The van der Waals surface area contributed by atoms with Crippen LogP contribution in [0.25, 0.3) is 22.3 Å². The molecule has 0 spiro atoms. The number of nitrogens with one attached hydrogen (secondary N) is 1. The van der Waals surface area contributed by atoms with Gasteiger partial charge in [-0.2, -0.15) is 0 Å². The fourth-order valence-electron chi connectivity index (χ4n) is 11.1. The number of guanidine groups is 1. The molecule has 0 bridgehead atoms. The van der Waals surface area contributed by atoms with E-state index in [2.05, 4.69) is 44.6 Å². The summed E-state index contributed by atoms with van der Waals surface area (Å²) in [5, 5.41) is 3.79. The van der Waals surface area contributed by atoms with E-state index in [0.29, 0.717) is 28.8 Å². The maximum atomic E-state index is 16.1. The van der Waals surface area contributed by atoms with Crippen molar-refractivity contribution in [2.75, 3.05) is 77.3 Å². The van der Waals surface area contributed by atoms with Crippen LogP contribution in [0.3, 0.4) is 0 Å². The summed E-state index contributed by atoms with van der Waals surface area (Å²) in [7, 11) is -9.20. The van der Waals surface area contributed by atoms with Crippen molar-refractivity contribution in [3.63, 3.8) is 0 Å². The summed E-state index contributed by atoms with van der Waals surface area (Å²) in [5.41, 5.74) is 12.8. The highest BCUT2D eigenvalue weighted by Crippen LogP contribution is 2.54. The van der Waals surface area contributed by atoms with Crippen molar-refractivity contribution in [2.45, 2.75) is 172 Å². The molecule has 452 valence electrons. The zero-order valence-electron chi connectivity index (χ0n) is 45.0. The summed E-state index contributed by atoms with van der Waals surface area (Å²) in [6.07, 6.45) is 12.1. The third-order valence-electron chi connectivity index (χ3n) is 15.0. The lowest BCUT2D eigenvalue weighted by Crippen LogP contribution is -2.51. The zero-order valence-corrected chi connectivity index (χ0v) is 46.8. The maximum absolute atomic E-state index is 16.1. The van der Waals surface area contributed by atoms with E-state index in [1.54, 1.807) is 27.7 Å². The van der Waals surface area contributed by atoms with E-state index in [0.717, 1.165) is 26.3 Å². The van der Waals surface area contributed by atoms with Gasteiger partial charge in [-0.15, -0.1) is 0 Å². The Bertz CT molecular complexity index is 2900. The van der Waals surface area contributed by atoms with Gasteiger partial charge in [0.2, 0.25) is 0 Å². The number of aliphatic imine (C=N–C) groups is 1. The first-order valence-electron chi connectivity index (χ1n) is 27.0. The van der Waals surface area contributed by atoms with Crippen LogP contribution < -0.4 is 16.8 Å². The van der Waals surface area contributed by atoms with Gasteiger partial charge >= 0.3 is 15.6 Å². The Morgan fingerprint density at radius 2 is 1.12 bits per heavy atom. The van der Waals surface area contributed by atoms with Crippen molar-refractivity contribution in [3.05, 3.63) is 25.3 Å². The molecule has 10 heterocycles. The number of ether oxygens (including phenoxy) is 8. The van der Waals surface area contributed by atoms with Crippen molar-refractivity contribution in [3.8, 4) is 0 Å². The van der Waals surface area contributed by atoms with Gasteiger partial charge in [-0.3, -0.25) is 18.2 Å². The number of morpholine rings is 2. The number of phosphoric ester groups is 1. The van der Waals surface area contributed by atoms with Crippen LogP contribution in [0.15, 0.2) is 30.3 Å². The summed E-state index contributed by atoms with van der Waals surface area (Å²) in [6, 6.07) is 1.19. The highest BCUT2D eigenvalue weighted by molar-refractivity contribution is 7.50. The quantitative estimate of drug-likeness (QED) is 0.0689. The molecule has 2 saturated carbocycles. The number of nitrogens with two attached hydrogens (primary N) is 2. The molecule has 81 heavy (non-hydrogen) atoms. The van der Waals surface area contributed by atoms with Gasteiger partial charge in [0.05, 0.1) is 45.1 Å². The number of halogens is 2. The third kappa shape index (κ3) is 14.0. The number of anilines is 2. The van der Waals surface area contributed by atoms with E-state index in [4.69, 9.17) is 68.7 Å². The molecule has 6 aliphatic heterocycles. The number of fused-ring (bicyclic) bond motifs is 4. The second-order valence-corrected chi connectivity index (χ2v) is 24.8. The minimum atomic E-state index is -4.93. The Morgan fingerprint density at radius 3 is 1.60 bits per heavy atom. The first kappa shape index (κ1) is 61.3. The SMILES string of the molecule is C.C1CCC(N=C(NC2CCCCC2)N2CCOCC2)CC1.CC1(C)OC2[C@H](O1)[C@H](n1cnc3c(N)ncnc31)O[C@]2(F)COP(=O)(O)N1CCOCC1.CC1(C)OC2[C@H](O1)[C@H](n1cnc3c(N)ncnc31)O[C@]2(F)COP(=O)(O)O. The fraction of sp³-hybridized carbons (Fsp3) is 0.771. The normalized spacial score (nSPS) is 31.6. The largest absolute Gasteiger partial charge is 0.469 e. The van der Waals surface area contributed by atoms with Crippen LogP contribution in [0.2, 0.25) is 0 Å². The first-order valence-corrected chi connectivity index (χ1v) is 30.0. The molecule has 12 rings (SSSR count). The van der Waals surface area contributed by atoms with Crippen LogP contribution in [0.5, 0.6) is 0 Å². The summed E-state index contributed by atoms with van der Waals surface area (Å²) in [6.45, 7) is 9.15. The maximum Gasteiger partial charge on any atom is 0.469 e. The number of imidazole rings is 2. The van der Waals surface area contributed by atoms with Crippen LogP contribution in [0.4, 0.5) is 20.4 Å². The van der Waals surface area contributed by atoms with Crippen LogP contribution >= 0.6 is 15.6 Å². The summed E-state index contributed by atoms with van der Waals surface area (Å²) in [4.78, 5) is 60.0. The van der Waals surface area contributed by atoms with E-state index in [9.17, 15) is 14.0 Å². The Labute approximate surface area is 466 Å². The topological polar surface area (TPSA) is 357 Å². The average Bonchev–Trinajstić information content (AvgIpc) is 2.67. The highest BCUT2D eigenvalue weighted by atomic mass is 31.2. The highest BCUT2D eigenvalue weighted by Gasteiger charge is 2.67. The molecule has 29 nitrogen and oxygen atoms in total. The molecule has 8 aliphatic rings. The van der Waals surface area contributed by atoms with Crippen LogP contribution in [-0.2, 0) is 56.1 Å². The molecule has 8 N–H and O–H groups in total. The van der Waals surface area contributed by atoms with Gasteiger partial charge < -0.3 is 74.3 Å². The standard InChI is InChI=1S/C17H24FN6O7P.C17H31N3O.C13H17FN5O7P.CH4/c1-16(2)29-11-12(30-16)17(18,7-28-32(25,26)23-3-5-27-6-4-23)31-15(11)24-9-22-10-13(19)20-8-21-14(10)24;1-3-7-15(8-4-1)18-17(20-11-13-21-14-12-20)19-16-9-5-2-6-10-16;1-12(2)24-7-8(25-12)13(14,3-23-27(20,21)22)26-11(7)19-5-18-6-9(15)16-4-17-10(6)19;/h8-9,11-12,15H,3-7H2,1-2H3,(H,25,26)(H2,19,20,21);15-16H,1-14H2,(H,18,19);4-5,7-8,11H,3H2,1-2H3,(H2,15,16,17)(H2,20,21,22);1H4/t11-,12?,15+,17+;;7-,8?,11+,13+;/m0.0./s1. The van der Waals surface area contributed by atoms with E-state index < -0.39 is 88.9 Å². The Hall–Kier alpha value is -4.27. The van der Waals surface area contributed by atoms with Gasteiger partial charge in [-0.25, -0.2) is 57.5 Å². The molecule has 0 aromatic carbocycles. The number of hydrogen-bond donors (Lipinski definition) is 6. The molecule has 4 aromatic rings. The van der Waals surface area contributed by atoms with Crippen molar-refractivity contribution in [1.29, 1.82) is 0 Å². The molecule has 3 unspecified atom stereocenters. The van der Waals surface area contributed by atoms with E-state index in [1.165, 1.54) is 109 Å². The molecule has 33 heteroatoms. The first-order chi connectivity index (χ1) is 38.0. The summed E-state index contributed by atoms with van der Waals surface area (Å²) >= 11 is 0. The lowest BCUT2D eigenvalue weighted by atomic mass is 9.95. The molecule has 2 aliphatic carbocycles. The lowest BCUT2D eigenvalue weighted by Gasteiger charge is -2.34. The average molecular weight is 1190 g/mol. The minimum absolute atomic E-state index is 0. The van der Waals surface area contributed by atoms with Crippen molar-refractivity contribution in [1.82, 2.24) is 53.9 Å². The zero-order chi connectivity index (χ0) is 56.7. The monoisotopic (exact) mass is 1190 g/mol. The van der Waals surface area contributed by atoms with Gasteiger partial charge in [0.15, 0.2) is 65.1 Å². The van der Waals surface area contributed by atoms with Crippen LogP contribution in [0.1, 0.15) is 112 Å². The number of phosphoric acid groups is 1. The number of aromatic nitrogens is 8. The van der Waals surface area contributed by atoms with Crippen molar-refractivity contribution >= 4 is 55.5 Å². The number of hydrogen-bond acceptors (Lipinski definition) is 21. The van der Waals surface area contributed by atoms with Crippen LogP contribution in [-0.4, -0.2) is 195 Å². The molecule has 9 atom stereocenters. The predicted molar refractivity (Wildman–Crippen MR) is 285 cm³/mol. The fourth-order valence-corrected chi connectivity index (χ4v) is 12.7. The van der Waals surface area contributed by atoms with Crippen LogP contribution in [0, 0.1) is 0 Å². The van der Waals surface area contributed by atoms with Gasteiger partial charge in [-0.05, 0) is 53.4 Å². The van der Waals surface area contributed by atoms with E-state index in [1.807, 2.05) is 0 Å². The predicted octanol–water partition coefficient (Wildman–Crippen LogP) is 4.37. The smallest absolute Gasteiger partial charge is 0.382 e.